The highest BCUT2D eigenvalue weighted by Crippen LogP contribution is 2.12. The Bertz CT molecular complexity index is 705. The second kappa shape index (κ2) is 7.18. The number of carbonyl (C=O) groups is 1. The Kier molecular flexibility index (Phi) is 5.00. The number of aryl methyl sites for hydroxylation is 2. The third-order valence-electron chi connectivity index (χ3n) is 4.61. The van der Waals surface area contributed by atoms with Crippen LogP contribution in [0.1, 0.15) is 47.1 Å². The third kappa shape index (κ3) is 4.03. The molecule has 1 aromatic carbocycles. The van der Waals surface area contributed by atoms with Gasteiger partial charge < -0.3 is 10.6 Å². The van der Waals surface area contributed by atoms with Crippen molar-refractivity contribution in [2.75, 3.05) is 6.54 Å². The highest BCUT2D eigenvalue weighted by atomic mass is 16.1. The van der Waals surface area contributed by atoms with Crippen molar-refractivity contribution in [2.45, 2.75) is 52.2 Å². The second-order valence-corrected chi connectivity index (χ2v) is 6.83. The molecule has 1 aromatic heterocycles. The predicted molar refractivity (Wildman–Crippen MR) is 95.2 cm³/mol. The molecular formula is C19H26N4O. The molecule has 128 valence electrons. The number of amides is 1. The van der Waals surface area contributed by atoms with Crippen molar-refractivity contribution in [3.8, 4) is 0 Å². The van der Waals surface area contributed by atoms with Crippen LogP contribution in [0.2, 0.25) is 0 Å². The van der Waals surface area contributed by atoms with Gasteiger partial charge in [-0.2, -0.15) is 5.10 Å². The largest absolute Gasteiger partial charge is 0.349 e. The zero-order valence-electron chi connectivity index (χ0n) is 14.7. The lowest BCUT2D eigenvalue weighted by molar-refractivity contribution is 0.0925. The lowest BCUT2D eigenvalue weighted by Crippen LogP contribution is -2.46. The number of piperidine rings is 1. The highest BCUT2D eigenvalue weighted by Gasteiger charge is 2.20. The van der Waals surface area contributed by atoms with E-state index in [4.69, 9.17) is 0 Å². The van der Waals surface area contributed by atoms with Gasteiger partial charge in [-0.15, -0.1) is 0 Å². The number of benzene rings is 1. The van der Waals surface area contributed by atoms with Crippen LogP contribution in [-0.2, 0) is 6.54 Å². The first-order valence-electron chi connectivity index (χ1n) is 8.65. The lowest BCUT2D eigenvalue weighted by Gasteiger charge is -2.28. The van der Waals surface area contributed by atoms with E-state index < -0.39 is 0 Å². The van der Waals surface area contributed by atoms with Crippen LogP contribution in [0.4, 0.5) is 0 Å². The molecule has 1 aliphatic heterocycles. The SMILES string of the molecule is Cc1cc(C)n(Cc2ccc(C(=O)NC3CCNC(C)C3)cc2)n1. The Balaban J connectivity index is 1.61. The van der Waals surface area contributed by atoms with Crippen LogP contribution in [0.5, 0.6) is 0 Å². The molecule has 3 rings (SSSR count). The number of carbonyl (C=O) groups excluding carboxylic acids is 1. The van der Waals surface area contributed by atoms with E-state index in [-0.39, 0.29) is 11.9 Å². The van der Waals surface area contributed by atoms with Crippen molar-refractivity contribution in [3.63, 3.8) is 0 Å². The van der Waals surface area contributed by atoms with Crippen LogP contribution in [0.25, 0.3) is 0 Å². The fraction of sp³-hybridized carbons (Fsp3) is 0.474. The minimum absolute atomic E-state index is 0.0202. The maximum atomic E-state index is 12.4. The summed E-state index contributed by atoms with van der Waals surface area (Å²) in [5, 5.41) is 11.0. The van der Waals surface area contributed by atoms with E-state index in [0.29, 0.717) is 6.04 Å². The van der Waals surface area contributed by atoms with Gasteiger partial charge in [0.2, 0.25) is 0 Å². The molecule has 1 aliphatic rings. The highest BCUT2D eigenvalue weighted by molar-refractivity contribution is 5.94. The molecule has 0 radical (unpaired) electrons. The molecule has 2 atom stereocenters. The lowest BCUT2D eigenvalue weighted by atomic mass is 10.00. The molecule has 2 aromatic rings. The summed E-state index contributed by atoms with van der Waals surface area (Å²) in [6.07, 6.45) is 1.98. The number of nitrogens with zero attached hydrogens (tertiary/aromatic N) is 2. The first-order chi connectivity index (χ1) is 11.5. The predicted octanol–water partition coefficient (Wildman–Crippen LogP) is 2.42. The molecule has 0 aliphatic carbocycles. The fourth-order valence-corrected chi connectivity index (χ4v) is 3.30. The van der Waals surface area contributed by atoms with Gasteiger partial charge >= 0.3 is 0 Å². The molecule has 2 unspecified atom stereocenters. The minimum Gasteiger partial charge on any atom is -0.349 e. The van der Waals surface area contributed by atoms with Gasteiger partial charge in [-0.1, -0.05) is 12.1 Å². The van der Waals surface area contributed by atoms with Gasteiger partial charge in [-0.3, -0.25) is 9.48 Å². The molecule has 5 nitrogen and oxygen atoms in total. The average Bonchev–Trinajstić information content (AvgIpc) is 2.85. The number of rotatable bonds is 4. The van der Waals surface area contributed by atoms with Gasteiger partial charge in [0.25, 0.3) is 5.91 Å². The Labute approximate surface area is 143 Å². The minimum atomic E-state index is 0.0202. The summed E-state index contributed by atoms with van der Waals surface area (Å²) in [7, 11) is 0. The van der Waals surface area contributed by atoms with Crippen molar-refractivity contribution in [2.24, 2.45) is 0 Å². The van der Waals surface area contributed by atoms with Gasteiger partial charge in [0, 0.05) is 23.3 Å². The van der Waals surface area contributed by atoms with Crippen LogP contribution in [0.3, 0.4) is 0 Å². The number of hydrogen-bond acceptors (Lipinski definition) is 3. The van der Waals surface area contributed by atoms with Gasteiger partial charge in [0.15, 0.2) is 0 Å². The molecule has 0 bridgehead atoms. The summed E-state index contributed by atoms with van der Waals surface area (Å²) in [5.41, 5.74) is 4.04. The topological polar surface area (TPSA) is 59.0 Å². The van der Waals surface area contributed by atoms with E-state index >= 15 is 0 Å². The third-order valence-corrected chi connectivity index (χ3v) is 4.61. The van der Waals surface area contributed by atoms with Crippen LogP contribution in [0, 0.1) is 13.8 Å². The molecule has 5 heteroatoms. The smallest absolute Gasteiger partial charge is 0.251 e. The molecular weight excluding hydrogens is 300 g/mol. The standard InChI is InChI=1S/C19H26N4O/c1-13-11-18(8-9-20-13)21-19(24)17-6-4-16(5-7-17)12-23-15(3)10-14(2)22-23/h4-7,10,13,18,20H,8-9,11-12H2,1-3H3,(H,21,24). The maximum absolute atomic E-state index is 12.4. The molecule has 1 fully saturated rings. The number of aromatic nitrogens is 2. The Morgan fingerprint density at radius 1 is 1.33 bits per heavy atom. The molecule has 0 spiro atoms. The quantitative estimate of drug-likeness (QED) is 0.907. The van der Waals surface area contributed by atoms with Gasteiger partial charge in [0.05, 0.1) is 12.2 Å². The second-order valence-electron chi connectivity index (χ2n) is 6.83. The molecule has 1 saturated heterocycles. The molecule has 2 heterocycles. The van der Waals surface area contributed by atoms with Crippen molar-refractivity contribution < 1.29 is 4.79 Å². The Morgan fingerprint density at radius 2 is 2.08 bits per heavy atom. The molecule has 0 saturated carbocycles. The van der Waals surface area contributed by atoms with Gasteiger partial charge in [0.1, 0.15) is 0 Å². The van der Waals surface area contributed by atoms with E-state index in [1.807, 2.05) is 35.9 Å². The summed E-state index contributed by atoms with van der Waals surface area (Å²) < 4.78 is 1.99. The molecule has 1 amide bonds. The number of nitrogens with one attached hydrogen (secondary N) is 2. The zero-order chi connectivity index (χ0) is 17.1. The van der Waals surface area contributed by atoms with E-state index in [1.165, 1.54) is 0 Å². The Morgan fingerprint density at radius 3 is 2.71 bits per heavy atom. The Hall–Kier alpha value is -2.14. The van der Waals surface area contributed by atoms with Crippen LogP contribution < -0.4 is 10.6 Å². The van der Waals surface area contributed by atoms with Gasteiger partial charge in [-0.25, -0.2) is 0 Å². The van der Waals surface area contributed by atoms with Crippen molar-refractivity contribution >= 4 is 5.91 Å². The zero-order valence-corrected chi connectivity index (χ0v) is 14.7. The summed E-state index contributed by atoms with van der Waals surface area (Å²) in [6.45, 7) is 7.91. The molecule has 24 heavy (non-hydrogen) atoms. The first-order valence-corrected chi connectivity index (χ1v) is 8.65. The van der Waals surface area contributed by atoms with Crippen LogP contribution in [0.15, 0.2) is 30.3 Å². The molecule has 2 N–H and O–H groups in total. The van der Waals surface area contributed by atoms with E-state index in [0.717, 1.165) is 48.4 Å². The summed E-state index contributed by atoms with van der Waals surface area (Å²) in [5.74, 6) is 0.0202. The van der Waals surface area contributed by atoms with Crippen LogP contribution in [-0.4, -0.2) is 34.3 Å². The normalized spacial score (nSPS) is 20.8. The first kappa shape index (κ1) is 16.7. The van der Waals surface area contributed by atoms with E-state index in [1.54, 1.807) is 0 Å². The summed E-state index contributed by atoms with van der Waals surface area (Å²) in [6, 6.07) is 10.6. The monoisotopic (exact) mass is 326 g/mol. The van der Waals surface area contributed by atoms with E-state index in [2.05, 4.69) is 35.6 Å². The van der Waals surface area contributed by atoms with Crippen molar-refractivity contribution in [3.05, 3.63) is 52.8 Å². The fourth-order valence-electron chi connectivity index (χ4n) is 3.30. The van der Waals surface area contributed by atoms with Gasteiger partial charge in [-0.05, 0) is 63.9 Å². The van der Waals surface area contributed by atoms with Crippen molar-refractivity contribution in [1.82, 2.24) is 20.4 Å². The maximum Gasteiger partial charge on any atom is 0.251 e. The van der Waals surface area contributed by atoms with Crippen LogP contribution >= 0.6 is 0 Å². The van der Waals surface area contributed by atoms with E-state index in [9.17, 15) is 4.79 Å². The summed E-state index contributed by atoms with van der Waals surface area (Å²) >= 11 is 0. The average molecular weight is 326 g/mol. The number of hydrogen-bond donors (Lipinski definition) is 2. The van der Waals surface area contributed by atoms with Crippen molar-refractivity contribution in [1.29, 1.82) is 0 Å². The summed E-state index contributed by atoms with van der Waals surface area (Å²) in [4.78, 5) is 12.4.